The number of anilines is 2. The van der Waals surface area contributed by atoms with Gasteiger partial charge in [0.2, 0.25) is 20.2 Å². The highest BCUT2D eigenvalue weighted by Gasteiger charge is 2.65. The minimum atomic E-state index is -3.44. The Hall–Kier alpha value is -3.08. The second-order valence-corrected chi connectivity index (χ2v) is 16.3. The number of aliphatic hydroxyl groups is 1. The van der Waals surface area contributed by atoms with Crippen molar-refractivity contribution in [2.45, 2.75) is 82.0 Å². The fourth-order valence-electron chi connectivity index (χ4n) is 7.63. The second-order valence-electron chi connectivity index (χ2n) is 12.5. The first-order valence-electron chi connectivity index (χ1n) is 14.6. The Labute approximate surface area is 241 Å². The van der Waals surface area contributed by atoms with E-state index >= 15 is 4.11 Å². The molecule has 1 spiro atoms. The van der Waals surface area contributed by atoms with Gasteiger partial charge in [0.05, 0.1) is 25.2 Å². The smallest absolute Gasteiger partial charge is 0.261 e. The number of nitrogens with one attached hydrogen (secondary N) is 1. The molecule has 2 saturated heterocycles. The zero-order chi connectivity index (χ0) is 29.1. The lowest BCUT2D eigenvalue weighted by atomic mass is 9.82. The number of hydrogen-bond acceptors (Lipinski definition) is 5. The maximum atomic E-state index is 16.1. The number of carbonyl (C=O) groups excluding carboxylic acids is 3. The van der Waals surface area contributed by atoms with Gasteiger partial charge in [-0.15, -0.1) is 0 Å². The molecular weight excluding hydrogens is 541 g/mol. The fourth-order valence-corrected chi connectivity index (χ4v) is 10.1. The summed E-state index contributed by atoms with van der Waals surface area (Å²) in [5, 5.41) is 13.1. The van der Waals surface area contributed by atoms with E-state index in [0.717, 1.165) is 24.0 Å². The molecule has 4 aliphatic rings. The highest BCUT2D eigenvalue weighted by atomic mass is 28.4. The number of rotatable bonds is 5. The van der Waals surface area contributed by atoms with Crippen LogP contribution in [-0.4, -0.2) is 61.4 Å². The van der Waals surface area contributed by atoms with E-state index in [1.54, 1.807) is 29.0 Å². The van der Waals surface area contributed by atoms with Gasteiger partial charge in [0.15, 0.2) is 5.60 Å². The number of piperidine rings is 1. The molecule has 6 rings (SSSR count). The summed E-state index contributed by atoms with van der Waals surface area (Å²) in [6.45, 7) is 5.87. The molecule has 2 aromatic carbocycles. The number of carbonyl (C=O) groups is 3. The zero-order valence-corrected chi connectivity index (χ0v) is 24.9. The predicted molar refractivity (Wildman–Crippen MR) is 156 cm³/mol. The van der Waals surface area contributed by atoms with Gasteiger partial charge in [-0.1, -0.05) is 31.2 Å². The van der Waals surface area contributed by atoms with Crippen molar-refractivity contribution < 1.29 is 28.3 Å². The number of benzene rings is 2. The van der Waals surface area contributed by atoms with E-state index in [0.29, 0.717) is 42.9 Å². The van der Waals surface area contributed by atoms with Crippen molar-refractivity contribution in [3.63, 3.8) is 0 Å². The van der Waals surface area contributed by atoms with Crippen LogP contribution in [0.3, 0.4) is 0 Å². The van der Waals surface area contributed by atoms with Crippen molar-refractivity contribution in [2.24, 2.45) is 5.92 Å². The van der Waals surface area contributed by atoms with Crippen molar-refractivity contribution >= 4 is 37.5 Å². The Balaban J connectivity index is 1.33. The maximum absolute atomic E-state index is 16.1. The van der Waals surface area contributed by atoms with E-state index in [-0.39, 0.29) is 36.8 Å². The normalized spacial score (nSPS) is 29.5. The first kappa shape index (κ1) is 28.1. The molecule has 0 aliphatic carbocycles. The van der Waals surface area contributed by atoms with Crippen LogP contribution < -0.4 is 10.2 Å². The van der Waals surface area contributed by atoms with Gasteiger partial charge in [0.25, 0.3) is 5.91 Å². The predicted octanol–water partition coefficient (Wildman–Crippen LogP) is 4.27. The molecule has 0 aromatic heterocycles. The third-order valence-corrected chi connectivity index (χ3v) is 12.1. The van der Waals surface area contributed by atoms with E-state index in [9.17, 15) is 19.5 Å². The molecule has 0 unspecified atom stereocenters. The van der Waals surface area contributed by atoms with E-state index in [2.05, 4.69) is 5.32 Å². The number of ether oxygens (including phenoxy) is 1. The largest absolute Gasteiger partial charge is 0.394 e. The average Bonchev–Trinajstić information content (AvgIpc) is 3.40. The summed E-state index contributed by atoms with van der Waals surface area (Å²) in [5.41, 5.74) is 1.96. The lowest BCUT2D eigenvalue weighted by Crippen LogP contribution is -2.48. The molecule has 2 fully saturated rings. The second kappa shape index (κ2) is 10.3. The van der Waals surface area contributed by atoms with Crippen LogP contribution in [0.4, 0.5) is 15.5 Å². The minimum absolute atomic E-state index is 0.0445. The summed E-state index contributed by atoms with van der Waals surface area (Å²) in [6.07, 6.45) is 1.90. The number of halogens is 1. The summed E-state index contributed by atoms with van der Waals surface area (Å²) in [6, 6.07) is 13.0. The highest BCUT2D eigenvalue weighted by molar-refractivity contribution is 6.72. The molecule has 3 amide bonds. The van der Waals surface area contributed by atoms with Gasteiger partial charge < -0.3 is 29.1 Å². The van der Waals surface area contributed by atoms with Crippen LogP contribution in [0.5, 0.6) is 0 Å². The van der Waals surface area contributed by atoms with Crippen molar-refractivity contribution in [1.29, 1.82) is 0 Å². The lowest BCUT2D eigenvalue weighted by Gasteiger charge is -2.37. The molecule has 0 radical (unpaired) electrons. The van der Waals surface area contributed by atoms with E-state index in [4.69, 9.17) is 4.74 Å². The SMILES string of the molecule is C[C@H]1[C@H]([Si](C)(C)F)[C@@H](CC(=O)N2Cc3ccccc3C[C@H]2CO)O[C@]12C(=O)Nc1ccc(N3CCCCC3=O)cc12. The molecule has 8 nitrogen and oxygen atoms in total. The van der Waals surface area contributed by atoms with Crippen LogP contribution in [0.1, 0.15) is 49.3 Å². The Bertz CT molecular complexity index is 1400. The van der Waals surface area contributed by atoms with Crippen molar-refractivity contribution in [1.82, 2.24) is 4.90 Å². The van der Waals surface area contributed by atoms with Crippen LogP contribution >= 0.6 is 0 Å². The minimum Gasteiger partial charge on any atom is -0.394 e. The van der Waals surface area contributed by atoms with Crippen LogP contribution in [0.2, 0.25) is 18.6 Å². The van der Waals surface area contributed by atoms with Gasteiger partial charge in [0.1, 0.15) is 0 Å². The molecule has 4 heterocycles. The molecular formula is C31H38FN3O5Si. The van der Waals surface area contributed by atoms with Gasteiger partial charge in [-0.25, -0.2) is 0 Å². The quantitative estimate of drug-likeness (QED) is 0.407. The number of amides is 3. The lowest BCUT2D eigenvalue weighted by molar-refractivity contribution is -0.149. The van der Waals surface area contributed by atoms with E-state index < -0.39 is 31.6 Å². The third kappa shape index (κ3) is 4.60. The van der Waals surface area contributed by atoms with E-state index in [1.165, 1.54) is 0 Å². The molecule has 41 heavy (non-hydrogen) atoms. The fraction of sp³-hybridized carbons (Fsp3) is 0.516. The standard InChI is InChI=1S/C31H38FN3O5Si/c1-19-29(41(2,3)32)26(16-28(38)35-17-21-9-5-4-8-20(21)14-23(35)18-36)40-31(19)24-15-22(11-12-25(24)33-30(31)39)34-13-7-6-10-27(34)37/h4-5,8-9,11-12,15,19,23,26,29,36H,6-7,10,13-14,16-18H2,1-3H3,(H,33,39)/t19-,23-,26+,29-,31+/m0/s1. The van der Waals surface area contributed by atoms with Crippen LogP contribution in [0.25, 0.3) is 0 Å². The molecule has 218 valence electrons. The number of nitrogens with zero attached hydrogens (tertiary/aromatic N) is 2. The topological polar surface area (TPSA) is 99.2 Å². The van der Waals surface area contributed by atoms with Gasteiger partial charge in [0, 0.05) is 47.9 Å². The molecule has 0 saturated carbocycles. The highest BCUT2D eigenvalue weighted by Crippen LogP contribution is 2.59. The van der Waals surface area contributed by atoms with Crippen LogP contribution in [0.15, 0.2) is 42.5 Å². The Kier molecular flexibility index (Phi) is 7.06. The third-order valence-electron chi connectivity index (χ3n) is 9.60. The molecule has 2 aromatic rings. The first-order chi connectivity index (χ1) is 19.5. The van der Waals surface area contributed by atoms with Crippen molar-refractivity contribution in [2.75, 3.05) is 23.4 Å². The van der Waals surface area contributed by atoms with Crippen molar-refractivity contribution in [3.8, 4) is 0 Å². The molecule has 5 atom stereocenters. The zero-order valence-electron chi connectivity index (χ0n) is 23.9. The van der Waals surface area contributed by atoms with Crippen molar-refractivity contribution in [3.05, 3.63) is 59.2 Å². The Morgan fingerprint density at radius 3 is 2.63 bits per heavy atom. The first-order valence-corrected chi connectivity index (χ1v) is 17.6. The monoisotopic (exact) mass is 579 g/mol. The van der Waals surface area contributed by atoms with Gasteiger partial charge in [-0.3, -0.25) is 14.4 Å². The Morgan fingerprint density at radius 1 is 1.17 bits per heavy atom. The molecule has 4 aliphatic heterocycles. The summed E-state index contributed by atoms with van der Waals surface area (Å²) >= 11 is 0. The Morgan fingerprint density at radius 2 is 1.93 bits per heavy atom. The average molecular weight is 580 g/mol. The summed E-state index contributed by atoms with van der Waals surface area (Å²) in [5.74, 6) is -1.07. The summed E-state index contributed by atoms with van der Waals surface area (Å²) in [4.78, 5) is 43.6. The van der Waals surface area contributed by atoms with Gasteiger partial charge in [-0.05, 0) is 61.7 Å². The number of hydrogen-bond donors (Lipinski definition) is 2. The molecule has 0 bridgehead atoms. The van der Waals surface area contributed by atoms with E-state index in [1.807, 2.05) is 43.3 Å². The van der Waals surface area contributed by atoms with Crippen LogP contribution in [-0.2, 0) is 37.7 Å². The number of fused-ring (bicyclic) bond motifs is 3. The number of aliphatic hydroxyl groups excluding tert-OH is 1. The maximum Gasteiger partial charge on any atom is 0.261 e. The van der Waals surface area contributed by atoms with Crippen LogP contribution in [0, 0.1) is 5.92 Å². The molecule has 10 heteroatoms. The van der Waals surface area contributed by atoms with Gasteiger partial charge in [-0.2, -0.15) is 0 Å². The van der Waals surface area contributed by atoms with Gasteiger partial charge >= 0.3 is 0 Å². The summed E-state index contributed by atoms with van der Waals surface area (Å²) < 4.78 is 22.7. The molecule has 2 N–H and O–H groups in total. The summed E-state index contributed by atoms with van der Waals surface area (Å²) in [7, 11) is -3.44.